The largest absolute Gasteiger partial charge is 0.380 e. The van der Waals surface area contributed by atoms with E-state index in [9.17, 15) is 4.79 Å². The van der Waals surface area contributed by atoms with Gasteiger partial charge in [0, 0.05) is 23.7 Å². The number of rotatable bonds is 3. The molecule has 26 heavy (non-hydrogen) atoms. The Bertz CT molecular complexity index is 969. The van der Waals surface area contributed by atoms with Crippen LogP contribution in [0.15, 0.2) is 48.7 Å². The summed E-state index contributed by atoms with van der Waals surface area (Å²) in [7, 11) is 0. The molecule has 2 aromatic carbocycles. The van der Waals surface area contributed by atoms with Gasteiger partial charge in [-0.2, -0.15) is 0 Å². The third-order valence-corrected chi connectivity index (χ3v) is 5.64. The summed E-state index contributed by atoms with van der Waals surface area (Å²) in [6, 6.07) is 14.4. The fraction of sp³-hybridized carbons (Fsp3) is 0.200. The highest BCUT2D eigenvalue weighted by Crippen LogP contribution is 2.37. The van der Waals surface area contributed by atoms with Gasteiger partial charge in [-0.3, -0.25) is 9.69 Å². The van der Waals surface area contributed by atoms with Gasteiger partial charge in [0.2, 0.25) is 5.91 Å². The molecular weight excluding hydrogens is 366 g/mol. The van der Waals surface area contributed by atoms with Crippen LogP contribution in [-0.4, -0.2) is 10.9 Å². The smallest absolute Gasteiger partial charge is 0.228 e. The molecule has 1 aliphatic rings. The van der Waals surface area contributed by atoms with Crippen LogP contribution in [0.1, 0.15) is 22.9 Å². The summed E-state index contributed by atoms with van der Waals surface area (Å²) in [5.74, 6) is 0.0204. The number of carbonyl (C=O) groups excluding carboxylic acids is 1. The normalized spacial score (nSPS) is 12.9. The van der Waals surface area contributed by atoms with Crippen LogP contribution in [0.25, 0.3) is 0 Å². The maximum atomic E-state index is 12.5. The highest BCUT2D eigenvalue weighted by Gasteiger charge is 2.23. The Kier molecular flexibility index (Phi) is 4.66. The summed E-state index contributed by atoms with van der Waals surface area (Å²) in [5, 5.41) is 3.40. The van der Waals surface area contributed by atoms with Crippen molar-refractivity contribution in [1.82, 2.24) is 4.98 Å². The second-order valence-electron chi connectivity index (χ2n) is 6.26. The average molecular weight is 384 g/mol. The van der Waals surface area contributed by atoms with E-state index in [2.05, 4.69) is 34.6 Å². The van der Waals surface area contributed by atoms with Gasteiger partial charge in [0.25, 0.3) is 0 Å². The number of hydrogen-bond acceptors (Lipinski definition) is 4. The van der Waals surface area contributed by atoms with E-state index >= 15 is 0 Å². The zero-order valence-corrected chi connectivity index (χ0v) is 15.9. The number of halogens is 1. The Morgan fingerprint density at radius 2 is 1.96 bits per heavy atom. The molecule has 0 unspecified atom stereocenters. The Hall–Kier alpha value is -2.37. The number of aromatic nitrogens is 1. The monoisotopic (exact) mass is 383 g/mol. The number of para-hydroxylation sites is 1. The lowest BCUT2D eigenvalue weighted by atomic mass is 10.0. The zero-order chi connectivity index (χ0) is 18.1. The molecule has 0 spiro atoms. The lowest BCUT2D eigenvalue weighted by molar-refractivity contribution is -0.115. The predicted molar refractivity (Wildman–Crippen MR) is 108 cm³/mol. The lowest BCUT2D eigenvalue weighted by Gasteiger charge is -2.24. The molecule has 2 heterocycles. The Morgan fingerprint density at radius 3 is 2.69 bits per heavy atom. The molecule has 3 aromatic rings. The minimum absolute atomic E-state index is 0.0204. The number of thiazole rings is 1. The number of aryl methyl sites for hydroxylation is 2. The molecule has 0 saturated heterocycles. The second kappa shape index (κ2) is 7.09. The van der Waals surface area contributed by atoms with Gasteiger partial charge in [-0.15, -0.1) is 11.3 Å². The van der Waals surface area contributed by atoms with Gasteiger partial charge in [0.15, 0.2) is 4.47 Å². The van der Waals surface area contributed by atoms with E-state index in [1.807, 2.05) is 23.1 Å². The molecular formula is C20H18ClN3OS. The topological polar surface area (TPSA) is 45.2 Å². The summed E-state index contributed by atoms with van der Waals surface area (Å²) >= 11 is 7.35. The first kappa shape index (κ1) is 17.1. The van der Waals surface area contributed by atoms with Crippen LogP contribution < -0.4 is 10.2 Å². The van der Waals surface area contributed by atoms with Crippen molar-refractivity contribution in [1.29, 1.82) is 0 Å². The van der Waals surface area contributed by atoms with Crippen molar-refractivity contribution in [3.05, 3.63) is 69.1 Å². The van der Waals surface area contributed by atoms with Crippen LogP contribution in [0.3, 0.4) is 0 Å². The van der Waals surface area contributed by atoms with Crippen molar-refractivity contribution in [2.45, 2.75) is 26.3 Å². The molecule has 6 heteroatoms. The van der Waals surface area contributed by atoms with Crippen LogP contribution in [-0.2, 0) is 24.2 Å². The summed E-state index contributed by atoms with van der Waals surface area (Å²) in [5.41, 5.74) is 5.29. The third kappa shape index (κ3) is 3.32. The van der Waals surface area contributed by atoms with Gasteiger partial charge in [-0.25, -0.2) is 4.98 Å². The highest BCUT2D eigenvalue weighted by atomic mass is 35.5. The summed E-state index contributed by atoms with van der Waals surface area (Å²) in [6.07, 6.45) is 3.63. The number of fused-ring (bicyclic) bond motifs is 2. The van der Waals surface area contributed by atoms with Crippen molar-refractivity contribution in [3.63, 3.8) is 0 Å². The molecule has 4 nitrogen and oxygen atoms in total. The fourth-order valence-electron chi connectivity index (χ4n) is 3.33. The first-order chi connectivity index (χ1) is 12.6. The van der Waals surface area contributed by atoms with Crippen molar-refractivity contribution in [3.8, 4) is 0 Å². The average Bonchev–Trinajstić information content (AvgIpc) is 2.97. The van der Waals surface area contributed by atoms with Gasteiger partial charge < -0.3 is 5.32 Å². The summed E-state index contributed by atoms with van der Waals surface area (Å²) < 4.78 is 0.545. The molecule has 0 saturated carbocycles. The van der Waals surface area contributed by atoms with E-state index < -0.39 is 0 Å². The van der Waals surface area contributed by atoms with E-state index in [0.29, 0.717) is 11.0 Å². The van der Waals surface area contributed by atoms with Gasteiger partial charge in [0.05, 0.1) is 17.9 Å². The second-order valence-corrected chi connectivity index (χ2v) is 7.96. The van der Waals surface area contributed by atoms with E-state index in [-0.39, 0.29) is 5.91 Å². The van der Waals surface area contributed by atoms with E-state index in [0.717, 1.165) is 34.8 Å². The number of benzene rings is 2. The third-order valence-electron chi connectivity index (χ3n) is 4.53. The van der Waals surface area contributed by atoms with Crippen molar-refractivity contribution >= 4 is 45.9 Å². The number of nitrogens with zero attached hydrogens (tertiary/aromatic N) is 2. The molecule has 0 atom stereocenters. The summed E-state index contributed by atoms with van der Waals surface area (Å²) in [6.45, 7) is 2.27. The minimum atomic E-state index is 0.0204. The number of nitrogens with one attached hydrogen (secondary N) is 1. The quantitative estimate of drug-likeness (QED) is 0.676. The molecule has 1 aliphatic heterocycles. The number of hydrogen-bond donors (Lipinski definition) is 1. The number of carbonyl (C=O) groups is 1. The predicted octanol–water partition coefficient (Wildman–Crippen LogP) is 5.19. The van der Waals surface area contributed by atoms with Crippen molar-refractivity contribution in [2.75, 3.05) is 10.2 Å². The van der Waals surface area contributed by atoms with Crippen LogP contribution in [0, 0.1) is 0 Å². The standard InChI is InChI=1S/C20H18ClN3OS/c1-13(25)24-18-5-3-2-4-14(18)6-7-15-8-9-16(10-19(15)24)22-11-17-12-23-20(21)26-17/h2-5,8-10,12,22H,6-7,11H2,1H3. The zero-order valence-electron chi connectivity index (χ0n) is 14.3. The van der Waals surface area contributed by atoms with Crippen LogP contribution >= 0.6 is 22.9 Å². The van der Waals surface area contributed by atoms with Crippen molar-refractivity contribution in [2.24, 2.45) is 0 Å². The number of anilines is 3. The Balaban J connectivity index is 1.68. The molecule has 4 rings (SSSR count). The molecule has 132 valence electrons. The molecule has 0 fully saturated rings. The first-order valence-corrected chi connectivity index (χ1v) is 9.67. The van der Waals surface area contributed by atoms with Crippen LogP contribution in [0.4, 0.5) is 17.1 Å². The molecule has 1 amide bonds. The fourth-order valence-corrected chi connectivity index (χ4v) is 4.24. The SMILES string of the molecule is CC(=O)N1c2ccccc2CCc2ccc(NCc3cnc(Cl)s3)cc21. The van der Waals surface area contributed by atoms with Crippen LogP contribution in [0.5, 0.6) is 0 Å². The first-order valence-electron chi connectivity index (χ1n) is 8.47. The molecule has 0 radical (unpaired) electrons. The molecule has 1 aromatic heterocycles. The molecule has 0 bridgehead atoms. The molecule has 0 aliphatic carbocycles. The maximum Gasteiger partial charge on any atom is 0.228 e. The van der Waals surface area contributed by atoms with E-state index in [4.69, 9.17) is 11.6 Å². The van der Waals surface area contributed by atoms with Gasteiger partial charge in [-0.1, -0.05) is 35.9 Å². The molecule has 1 N–H and O–H groups in total. The maximum absolute atomic E-state index is 12.5. The van der Waals surface area contributed by atoms with Crippen molar-refractivity contribution < 1.29 is 4.79 Å². The minimum Gasteiger partial charge on any atom is -0.380 e. The van der Waals surface area contributed by atoms with Crippen LogP contribution in [0.2, 0.25) is 4.47 Å². The summed E-state index contributed by atoms with van der Waals surface area (Å²) in [4.78, 5) is 19.4. The highest BCUT2D eigenvalue weighted by molar-refractivity contribution is 7.15. The number of amides is 1. The van der Waals surface area contributed by atoms with E-state index in [1.54, 1.807) is 13.1 Å². The lowest BCUT2D eigenvalue weighted by Crippen LogP contribution is -2.23. The Labute approximate surface area is 161 Å². The van der Waals surface area contributed by atoms with Gasteiger partial charge >= 0.3 is 0 Å². The Morgan fingerprint density at radius 1 is 1.19 bits per heavy atom. The van der Waals surface area contributed by atoms with Gasteiger partial charge in [-0.05, 0) is 42.2 Å². The van der Waals surface area contributed by atoms with E-state index in [1.165, 1.54) is 22.5 Å². The van der Waals surface area contributed by atoms with Gasteiger partial charge in [0.1, 0.15) is 0 Å².